The second-order valence-corrected chi connectivity index (χ2v) is 9.77. The number of thioether (sulfide) groups is 1. The van der Waals surface area contributed by atoms with Crippen molar-refractivity contribution in [2.24, 2.45) is 5.16 Å². The van der Waals surface area contributed by atoms with Crippen LogP contribution in [0.2, 0.25) is 0 Å². The van der Waals surface area contributed by atoms with E-state index >= 15 is 0 Å². The highest BCUT2D eigenvalue weighted by atomic mass is 32.2. The number of nitrogen functional groups attached to an aromatic ring is 1. The molecule has 2 aliphatic rings. The predicted octanol–water partition coefficient (Wildman–Crippen LogP) is 0.256. The van der Waals surface area contributed by atoms with E-state index in [1.807, 2.05) is 13.8 Å². The van der Waals surface area contributed by atoms with Gasteiger partial charge in [0, 0.05) is 17.7 Å². The number of amides is 2. The van der Waals surface area contributed by atoms with Gasteiger partial charge in [-0.3, -0.25) is 14.5 Å². The number of anilines is 1. The number of esters is 1. The molecule has 1 aromatic heterocycles. The van der Waals surface area contributed by atoms with Gasteiger partial charge in [-0.2, -0.15) is 0 Å². The Morgan fingerprint density at radius 2 is 2.14 bits per heavy atom. The van der Waals surface area contributed by atoms with Gasteiger partial charge in [-0.05, 0) is 18.7 Å². The summed E-state index contributed by atoms with van der Waals surface area (Å²) in [5.41, 5.74) is 6.05. The van der Waals surface area contributed by atoms with Gasteiger partial charge in [0.1, 0.15) is 29.4 Å². The number of aliphatic carboxylic acids is 1. The summed E-state index contributed by atoms with van der Waals surface area (Å²) < 4.78 is 5.45. The lowest BCUT2D eigenvalue weighted by Gasteiger charge is -2.49. The van der Waals surface area contributed by atoms with Crippen molar-refractivity contribution in [3.05, 3.63) is 35.0 Å². The molecule has 0 aliphatic carbocycles. The van der Waals surface area contributed by atoms with Crippen LogP contribution in [0, 0.1) is 0 Å². The predicted molar refractivity (Wildman–Crippen MR) is 138 cm³/mol. The van der Waals surface area contributed by atoms with Crippen LogP contribution in [0.5, 0.6) is 0 Å². The minimum absolute atomic E-state index is 0.0663. The third-order valence-electron chi connectivity index (χ3n) is 5.58. The Kier molecular flexibility index (Phi) is 9.66. The highest BCUT2D eigenvalue weighted by Crippen LogP contribution is 2.41. The number of rotatable bonds is 13. The summed E-state index contributed by atoms with van der Waals surface area (Å²) >= 11 is 2.40. The lowest BCUT2D eigenvalue weighted by Crippen LogP contribution is -2.71. The fourth-order valence-electron chi connectivity index (χ4n) is 3.63. The van der Waals surface area contributed by atoms with Crippen molar-refractivity contribution in [2.75, 3.05) is 44.3 Å². The van der Waals surface area contributed by atoms with Crippen molar-refractivity contribution >= 4 is 57.7 Å². The molecule has 0 saturated carbocycles. The largest absolute Gasteiger partial charge is 0.479 e. The number of aromatic nitrogens is 1. The molecule has 0 bridgehead atoms. The molecule has 1 fully saturated rings. The number of carboxylic acids is 1. The molecule has 1 aromatic rings. The maximum atomic E-state index is 13.1. The molecule has 4 N–H and O–H groups in total. The number of nitrogens with two attached hydrogens (primary N) is 1. The summed E-state index contributed by atoms with van der Waals surface area (Å²) in [6.07, 6.45) is 1.51. The Labute approximate surface area is 221 Å². The number of carbonyl (C=O) groups is 4. The molecule has 0 aromatic carbocycles. The monoisotopic (exact) mass is 552 g/mol. The van der Waals surface area contributed by atoms with Crippen LogP contribution in [0.4, 0.5) is 5.13 Å². The molecular weight excluding hydrogens is 524 g/mol. The van der Waals surface area contributed by atoms with Gasteiger partial charge >= 0.3 is 11.9 Å². The maximum absolute atomic E-state index is 13.1. The highest BCUT2D eigenvalue weighted by Gasteiger charge is 2.54. The number of hydrogen-bond acceptors (Lipinski definition) is 12. The van der Waals surface area contributed by atoms with E-state index in [1.165, 1.54) is 28.1 Å². The average molecular weight is 553 g/mol. The second-order valence-electron chi connectivity index (χ2n) is 7.78. The van der Waals surface area contributed by atoms with Crippen LogP contribution in [-0.4, -0.2) is 99.4 Å². The molecule has 15 heteroatoms. The van der Waals surface area contributed by atoms with Crippen LogP contribution in [0.15, 0.2) is 34.5 Å². The average Bonchev–Trinajstić information content (AvgIpc) is 3.31. The van der Waals surface area contributed by atoms with Crippen molar-refractivity contribution in [3.8, 4) is 0 Å². The van der Waals surface area contributed by atoms with E-state index in [0.29, 0.717) is 17.9 Å². The summed E-state index contributed by atoms with van der Waals surface area (Å²) in [4.78, 5) is 61.9. The minimum Gasteiger partial charge on any atom is -0.479 e. The molecule has 200 valence electrons. The normalized spacial score (nSPS) is 19.3. The van der Waals surface area contributed by atoms with E-state index in [2.05, 4.69) is 26.9 Å². The third-order valence-corrected chi connectivity index (χ3v) is 7.56. The fourth-order valence-corrected chi connectivity index (χ4v) is 5.51. The zero-order valence-corrected chi connectivity index (χ0v) is 22.0. The minimum atomic E-state index is -1.29. The van der Waals surface area contributed by atoms with Gasteiger partial charge in [0.05, 0.1) is 0 Å². The Hall–Kier alpha value is -3.43. The van der Waals surface area contributed by atoms with E-state index in [0.717, 1.165) is 24.4 Å². The standard InChI is InChI=1S/C22H28N6O7S2/c1-4-12-10-36-20-16(19(32)28(20)17(12)21(33)34-8-7-27(5-2)6-3)25-18(31)15(26-35-9-14(29)30)13-11-37-22(23)24-13/h4,11,16,20H,1,5-10H2,2-3H3,(H2,23,24)(H,25,31)(H,29,30)/b26-15-/t16-,20-/m1/s1. The molecule has 13 nitrogen and oxygen atoms in total. The van der Waals surface area contributed by atoms with E-state index in [-0.39, 0.29) is 28.8 Å². The molecule has 2 atom stereocenters. The van der Waals surface area contributed by atoms with Crippen molar-refractivity contribution in [2.45, 2.75) is 25.3 Å². The van der Waals surface area contributed by atoms with Crippen LogP contribution >= 0.6 is 23.1 Å². The SMILES string of the molecule is C=CC1=C(C(=O)OCCN(CC)CC)N2C(=O)[C@@H](NC(=O)/C(=N\OCC(=O)O)c3csc(N)n3)[C@H]2SC1. The molecule has 1 saturated heterocycles. The van der Waals surface area contributed by atoms with E-state index in [1.54, 1.807) is 0 Å². The Bertz CT molecular complexity index is 1130. The lowest BCUT2D eigenvalue weighted by atomic mass is 10.0. The van der Waals surface area contributed by atoms with Crippen LogP contribution in [0.3, 0.4) is 0 Å². The smallest absolute Gasteiger partial charge is 0.355 e. The van der Waals surface area contributed by atoms with E-state index in [9.17, 15) is 19.2 Å². The first-order chi connectivity index (χ1) is 17.7. The molecule has 0 spiro atoms. The topological polar surface area (TPSA) is 177 Å². The van der Waals surface area contributed by atoms with Gasteiger partial charge in [0.25, 0.3) is 11.8 Å². The first-order valence-corrected chi connectivity index (χ1v) is 13.3. The van der Waals surface area contributed by atoms with E-state index < -0.39 is 41.8 Å². The molecule has 2 aliphatic heterocycles. The Morgan fingerprint density at radius 1 is 1.41 bits per heavy atom. The van der Waals surface area contributed by atoms with Crippen LogP contribution < -0.4 is 11.1 Å². The number of nitrogens with one attached hydrogen (secondary N) is 1. The molecule has 0 radical (unpaired) electrons. The first kappa shape index (κ1) is 28.1. The Balaban J connectivity index is 1.72. The Morgan fingerprint density at radius 3 is 2.73 bits per heavy atom. The number of carboxylic acid groups (broad SMARTS) is 1. The van der Waals surface area contributed by atoms with Gasteiger partial charge in [0.15, 0.2) is 10.8 Å². The van der Waals surface area contributed by atoms with Crippen LogP contribution in [-0.2, 0) is 28.8 Å². The number of thiazole rings is 1. The van der Waals surface area contributed by atoms with Crippen LogP contribution in [0.1, 0.15) is 19.5 Å². The number of hydrogen-bond donors (Lipinski definition) is 3. The summed E-state index contributed by atoms with van der Waals surface area (Å²) in [7, 11) is 0. The summed E-state index contributed by atoms with van der Waals surface area (Å²) in [6.45, 7) is 9.36. The quantitative estimate of drug-likeness (QED) is 0.132. The molecule has 0 unspecified atom stereocenters. The highest BCUT2D eigenvalue weighted by molar-refractivity contribution is 8.00. The number of fused-ring (bicyclic) bond motifs is 1. The lowest BCUT2D eigenvalue weighted by molar-refractivity contribution is -0.152. The van der Waals surface area contributed by atoms with Gasteiger partial charge in [-0.15, -0.1) is 23.1 Å². The van der Waals surface area contributed by atoms with Crippen LogP contribution in [0.25, 0.3) is 0 Å². The molecular formula is C22H28N6O7S2. The summed E-state index contributed by atoms with van der Waals surface area (Å²) in [5, 5.41) is 16.0. The second kappa shape index (κ2) is 12.7. The number of nitrogens with zero attached hydrogens (tertiary/aromatic N) is 4. The van der Waals surface area contributed by atoms with Crippen molar-refractivity contribution in [1.29, 1.82) is 0 Å². The molecule has 37 heavy (non-hydrogen) atoms. The first-order valence-electron chi connectivity index (χ1n) is 11.3. The van der Waals surface area contributed by atoms with Crippen molar-refractivity contribution in [3.63, 3.8) is 0 Å². The zero-order chi connectivity index (χ0) is 27.1. The van der Waals surface area contributed by atoms with Gasteiger partial charge in [-0.1, -0.05) is 31.7 Å². The number of allylic oxidation sites excluding steroid dienone is 1. The number of β-lactam (4-membered cyclic amide) rings is 1. The number of oxime groups is 1. The number of ether oxygens (including phenoxy) is 1. The number of likely N-dealkylation sites (N-methyl/N-ethyl adjacent to an activating group) is 1. The maximum Gasteiger partial charge on any atom is 0.355 e. The molecule has 2 amide bonds. The third kappa shape index (κ3) is 6.47. The number of carbonyl (C=O) groups excluding carboxylic acids is 3. The zero-order valence-electron chi connectivity index (χ0n) is 20.3. The van der Waals surface area contributed by atoms with Gasteiger partial charge in [0.2, 0.25) is 6.61 Å². The molecule has 3 heterocycles. The van der Waals surface area contributed by atoms with Gasteiger partial charge < -0.3 is 30.6 Å². The van der Waals surface area contributed by atoms with Gasteiger partial charge in [-0.25, -0.2) is 14.6 Å². The summed E-state index contributed by atoms with van der Waals surface area (Å²) in [6, 6.07) is -0.969. The fraction of sp³-hybridized carbons (Fsp3) is 0.455. The van der Waals surface area contributed by atoms with Crippen molar-refractivity contribution < 1.29 is 33.9 Å². The van der Waals surface area contributed by atoms with E-state index in [4.69, 9.17) is 20.4 Å². The summed E-state index contributed by atoms with van der Waals surface area (Å²) in [5.74, 6) is -2.85. The molecule has 3 rings (SSSR count). The van der Waals surface area contributed by atoms with Crippen molar-refractivity contribution in [1.82, 2.24) is 20.1 Å².